The normalized spacial score (nSPS) is 26.9. The fourth-order valence-electron chi connectivity index (χ4n) is 4.64. The third kappa shape index (κ3) is 2.91. The number of halogens is 1. The van der Waals surface area contributed by atoms with Crippen LogP contribution in [0.4, 0.5) is 4.39 Å². The highest BCUT2D eigenvalue weighted by Crippen LogP contribution is 2.58. The summed E-state index contributed by atoms with van der Waals surface area (Å²) in [4.78, 5) is 0. The van der Waals surface area contributed by atoms with E-state index in [1.165, 1.54) is 44.1 Å². The molecule has 0 unspecified atom stereocenters. The van der Waals surface area contributed by atoms with E-state index in [0.717, 1.165) is 28.5 Å². The first-order valence-corrected chi connectivity index (χ1v) is 9.11. The van der Waals surface area contributed by atoms with Crippen LogP contribution < -0.4 is 0 Å². The predicted octanol–water partition coefficient (Wildman–Crippen LogP) is 6.58. The molecule has 0 aromatic heterocycles. The van der Waals surface area contributed by atoms with Gasteiger partial charge in [-0.15, -0.1) is 0 Å². The lowest BCUT2D eigenvalue weighted by Crippen LogP contribution is -2.25. The van der Waals surface area contributed by atoms with Gasteiger partial charge in [0.15, 0.2) is 0 Å². The van der Waals surface area contributed by atoms with Crippen molar-refractivity contribution in [2.75, 3.05) is 0 Å². The summed E-state index contributed by atoms with van der Waals surface area (Å²) in [6, 6.07) is 4.07. The van der Waals surface area contributed by atoms with E-state index >= 15 is 0 Å². The molecule has 0 radical (unpaired) electrons. The van der Waals surface area contributed by atoms with Gasteiger partial charge in [-0.05, 0) is 79.5 Å². The van der Waals surface area contributed by atoms with E-state index in [9.17, 15) is 4.39 Å². The highest BCUT2D eigenvalue weighted by atomic mass is 19.1. The molecule has 0 N–H and O–H groups in total. The molecular weight excluding hydrogens is 283 g/mol. The monoisotopic (exact) mass is 312 g/mol. The van der Waals surface area contributed by atoms with Gasteiger partial charge in [0.2, 0.25) is 0 Å². The summed E-state index contributed by atoms with van der Waals surface area (Å²) in [6.07, 6.45) is 11.5. The number of rotatable bonds is 4. The summed E-state index contributed by atoms with van der Waals surface area (Å²) in [6.45, 7) is 10.2. The SMILES string of the molecule is C=C/C(=C\C)c1c(C)cc(C2(C3CCC(C)CC3)CC2)cc1F. The second-order valence-corrected chi connectivity index (χ2v) is 7.71. The molecule has 3 rings (SSSR count). The molecule has 0 spiro atoms. The highest BCUT2D eigenvalue weighted by Gasteiger charge is 2.51. The topological polar surface area (TPSA) is 0 Å². The molecule has 0 atom stereocenters. The van der Waals surface area contributed by atoms with Crippen LogP contribution in [-0.4, -0.2) is 0 Å². The maximum absolute atomic E-state index is 14.8. The molecule has 124 valence electrons. The van der Waals surface area contributed by atoms with Gasteiger partial charge in [-0.1, -0.05) is 44.6 Å². The molecule has 0 heterocycles. The molecule has 1 aromatic rings. The van der Waals surface area contributed by atoms with Crippen molar-refractivity contribution in [1.82, 2.24) is 0 Å². The van der Waals surface area contributed by atoms with Crippen molar-refractivity contribution < 1.29 is 4.39 Å². The van der Waals surface area contributed by atoms with Crippen molar-refractivity contribution >= 4 is 5.57 Å². The maximum Gasteiger partial charge on any atom is 0.131 e. The smallest absolute Gasteiger partial charge is 0.131 e. The van der Waals surface area contributed by atoms with E-state index < -0.39 is 0 Å². The van der Waals surface area contributed by atoms with Crippen LogP contribution in [0, 0.1) is 24.6 Å². The van der Waals surface area contributed by atoms with Crippen LogP contribution in [0.1, 0.15) is 69.1 Å². The third-order valence-corrected chi connectivity index (χ3v) is 6.27. The molecule has 0 nitrogen and oxygen atoms in total. The minimum atomic E-state index is -0.0801. The third-order valence-electron chi connectivity index (χ3n) is 6.27. The lowest BCUT2D eigenvalue weighted by molar-refractivity contribution is 0.241. The molecular formula is C22H29F. The quantitative estimate of drug-likeness (QED) is 0.551. The van der Waals surface area contributed by atoms with Crippen molar-refractivity contribution in [3.63, 3.8) is 0 Å². The minimum Gasteiger partial charge on any atom is -0.206 e. The van der Waals surface area contributed by atoms with Crippen molar-refractivity contribution in [2.45, 2.75) is 64.7 Å². The zero-order valence-electron chi connectivity index (χ0n) is 14.8. The Kier molecular flexibility index (Phi) is 4.49. The van der Waals surface area contributed by atoms with E-state index in [4.69, 9.17) is 0 Å². The summed E-state index contributed by atoms with van der Waals surface area (Å²) in [5.41, 5.74) is 4.18. The zero-order chi connectivity index (χ0) is 16.6. The predicted molar refractivity (Wildman–Crippen MR) is 97.0 cm³/mol. The Morgan fingerprint density at radius 2 is 1.87 bits per heavy atom. The summed E-state index contributed by atoms with van der Waals surface area (Å²) in [5.74, 6) is 1.54. The minimum absolute atomic E-state index is 0.0801. The first-order chi connectivity index (χ1) is 11.0. The second-order valence-electron chi connectivity index (χ2n) is 7.71. The van der Waals surface area contributed by atoms with Gasteiger partial charge in [0.1, 0.15) is 5.82 Å². The zero-order valence-corrected chi connectivity index (χ0v) is 14.8. The first kappa shape index (κ1) is 16.5. The Labute approximate surface area is 140 Å². The fraction of sp³-hybridized carbons (Fsp3) is 0.545. The lowest BCUT2D eigenvalue weighted by Gasteiger charge is -2.34. The van der Waals surface area contributed by atoms with Crippen LogP contribution in [0.5, 0.6) is 0 Å². The summed E-state index contributed by atoms with van der Waals surface area (Å²) < 4.78 is 14.8. The van der Waals surface area contributed by atoms with Crippen LogP contribution in [0.15, 0.2) is 30.9 Å². The molecule has 0 aliphatic heterocycles. The highest BCUT2D eigenvalue weighted by molar-refractivity contribution is 5.76. The Morgan fingerprint density at radius 1 is 1.22 bits per heavy atom. The van der Waals surface area contributed by atoms with Crippen LogP contribution in [0.25, 0.3) is 5.57 Å². The Balaban J connectivity index is 1.94. The Hall–Kier alpha value is -1.37. The molecule has 1 aromatic carbocycles. The van der Waals surface area contributed by atoms with Gasteiger partial charge in [0, 0.05) is 5.56 Å². The van der Waals surface area contributed by atoms with Crippen molar-refractivity contribution in [2.24, 2.45) is 11.8 Å². The fourth-order valence-corrected chi connectivity index (χ4v) is 4.64. The number of hydrogen-bond acceptors (Lipinski definition) is 0. The summed E-state index contributed by atoms with van der Waals surface area (Å²) in [7, 11) is 0. The van der Waals surface area contributed by atoms with E-state index in [0.29, 0.717) is 0 Å². The molecule has 2 fully saturated rings. The van der Waals surface area contributed by atoms with Crippen LogP contribution in [0.2, 0.25) is 0 Å². The molecule has 1 heteroatoms. The van der Waals surface area contributed by atoms with Crippen LogP contribution in [-0.2, 0) is 5.41 Å². The Bertz CT molecular complexity index is 602. The van der Waals surface area contributed by atoms with Gasteiger partial charge in [0.05, 0.1) is 0 Å². The van der Waals surface area contributed by atoms with Gasteiger partial charge >= 0.3 is 0 Å². The summed E-state index contributed by atoms with van der Waals surface area (Å²) in [5, 5.41) is 0. The molecule has 23 heavy (non-hydrogen) atoms. The van der Waals surface area contributed by atoms with Gasteiger partial charge in [-0.25, -0.2) is 4.39 Å². The molecule has 2 saturated carbocycles. The van der Waals surface area contributed by atoms with Crippen molar-refractivity contribution in [1.29, 1.82) is 0 Å². The van der Waals surface area contributed by atoms with E-state index in [2.05, 4.69) is 19.6 Å². The Morgan fingerprint density at radius 3 is 2.35 bits per heavy atom. The molecule has 0 amide bonds. The van der Waals surface area contributed by atoms with Gasteiger partial charge in [-0.2, -0.15) is 0 Å². The number of aryl methyl sites for hydroxylation is 1. The lowest BCUT2D eigenvalue weighted by atomic mass is 9.71. The van der Waals surface area contributed by atoms with Gasteiger partial charge in [0.25, 0.3) is 0 Å². The van der Waals surface area contributed by atoms with E-state index in [1.807, 2.05) is 26.0 Å². The first-order valence-electron chi connectivity index (χ1n) is 9.11. The average molecular weight is 312 g/mol. The maximum atomic E-state index is 14.8. The molecule has 0 saturated heterocycles. The molecule has 0 bridgehead atoms. The largest absolute Gasteiger partial charge is 0.206 e. The van der Waals surface area contributed by atoms with Gasteiger partial charge < -0.3 is 0 Å². The van der Waals surface area contributed by atoms with E-state index in [-0.39, 0.29) is 11.2 Å². The number of hydrogen-bond donors (Lipinski definition) is 0. The van der Waals surface area contributed by atoms with Crippen molar-refractivity contribution in [3.8, 4) is 0 Å². The summed E-state index contributed by atoms with van der Waals surface area (Å²) >= 11 is 0. The molecule has 2 aliphatic carbocycles. The van der Waals surface area contributed by atoms with Gasteiger partial charge in [-0.3, -0.25) is 0 Å². The van der Waals surface area contributed by atoms with E-state index in [1.54, 1.807) is 6.08 Å². The number of benzene rings is 1. The molecule has 2 aliphatic rings. The van der Waals surface area contributed by atoms with Crippen LogP contribution in [0.3, 0.4) is 0 Å². The van der Waals surface area contributed by atoms with Crippen molar-refractivity contribution in [3.05, 3.63) is 53.4 Å². The van der Waals surface area contributed by atoms with Crippen LogP contribution >= 0.6 is 0 Å². The standard InChI is InChI=1S/C22H29F/c1-5-17(6-2)21-16(4)13-19(14-20(21)23)22(11-12-22)18-9-7-15(3)8-10-18/h5-6,13-15,18H,1,7-12H2,2-4H3/b17-6+. The second kappa shape index (κ2) is 6.26. The average Bonchev–Trinajstić information content (AvgIpc) is 3.33. The number of allylic oxidation sites excluding steroid dienone is 3.